The maximum atomic E-state index is 8.80. The molecule has 4 heteroatoms. The van der Waals surface area contributed by atoms with Crippen molar-refractivity contribution < 1.29 is 15.4 Å². The van der Waals surface area contributed by atoms with Crippen LogP contribution in [0.1, 0.15) is 11.0 Å². The number of nitrogens with zero attached hydrogens (tertiary/aromatic N) is 3. The molecule has 0 atom stereocenters. The van der Waals surface area contributed by atoms with Gasteiger partial charge in [0, 0.05) is 27.4 Å². The molecular formula is C34H21N3O. The van der Waals surface area contributed by atoms with Crippen LogP contribution in [0.5, 0.6) is 0 Å². The van der Waals surface area contributed by atoms with Crippen molar-refractivity contribution in [2.75, 3.05) is 0 Å². The Morgan fingerprint density at radius 1 is 0.632 bits per heavy atom. The lowest BCUT2D eigenvalue weighted by Gasteiger charge is -2.11. The molecular weight excluding hydrogens is 466 g/mol. The Bertz CT molecular complexity index is 2510. The maximum Gasteiger partial charge on any atom is 0.180 e. The Labute approximate surface area is 229 Å². The highest BCUT2D eigenvalue weighted by Gasteiger charge is 2.16. The van der Waals surface area contributed by atoms with Gasteiger partial charge in [0.05, 0.1) is 22.0 Å². The Balaban J connectivity index is 1.37. The molecule has 178 valence electrons. The zero-order chi connectivity index (χ0) is 32.0. The first-order chi connectivity index (χ1) is 22.2. The molecule has 0 aliphatic heterocycles. The number of aromatic nitrogens is 3. The predicted molar refractivity (Wildman–Crippen MR) is 155 cm³/mol. The molecule has 8 aromatic rings. The number of rotatable bonds is 3. The molecule has 3 heterocycles. The fraction of sp³-hybridized carbons (Fsp3) is 0. The molecule has 0 radical (unpaired) electrons. The first kappa shape index (κ1) is 14.5. The minimum Gasteiger partial charge on any atom is -0.452 e. The molecule has 0 amide bonds. The van der Waals surface area contributed by atoms with E-state index in [-0.39, 0.29) is 46.0 Å². The molecule has 0 aliphatic carbocycles. The highest BCUT2D eigenvalue weighted by molar-refractivity contribution is 6.09. The summed E-state index contributed by atoms with van der Waals surface area (Å²) >= 11 is 0. The number of hydrogen-bond donors (Lipinski definition) is 0. The van der Waals surface area contributed by atoms with Crippen LogP contribution in [-0.4, -0.2) is 14.5 Å². The van der Waals surface area contributed by atoms with Crippen molar-refractivity contribution in [3.8, 4) is 28.1 Å². The molecule has 0 bridgehead atoms. The van der Waals surface area contributed by atoms with E-state index < -0.39 is 24.2 Å². The second-order valence-electron chi connectivity index (χ2n) is 8.91. The van der Waals surface area contributed by atoms with Gasteiger partial charge in [0.25, 0.3) is 0 Å². The second-order valence-corrected chi connectivity index (χ2v) is 8.91. The fourth-order valence-electron chi connectivity index (χ4n) is 5.08. The summed E-state index contributed by atoms with van der Waals surface area (Å²) in [7, 11) is 0. The maximum absolute atomic E-state index is 8.80. The van der Waals surface area contributed by atoms with Gasteiger partial charge in [-0.05, 0) is 53.5 Å². The average molecular weight is 496 g/mol. The van der Waals surface area contributed by atoms with Crippen molar-refractivity contribution in [1.29, 1.82) is 0 Å². The summed E-state index contributed by atoms with van der Waals surface area (Å²) in [6.07, 6.45) is 1.51. The SMILES string of the molecule is [2H]c1c([2H])c([2H])c2c(c1[2H])c1c([2H])c([2H])c([2H])c([2H])c1n2-c1cccc(-c2cccc(-c3ncnc4c3oc3ccccc34)c2)c1. The van der Waals surface area contributed by atoms with Gasteiger partial charge < -0.3 is 8.98 Å². The minimum absolute atomic E-state index is 0.0408. The molecule has 38 heavy (non-hydrogen) atoms. The number of benzene rings is 5. The van der Waals surface area contributed by atoms with Crippen molar-refractivity contribution in [2.45, 2.75) is 0 Å². The summed E-state index contributed by atoms with van der Waals surface area (Å²) in [5.41, 5.74) is 5.65. The highest BCUT2D eigenvalue weighted by Crippen LogP contribution is 2.36. The highest BCUT2D eigenvalue weighted by atomic mass is 16.3. The van der Waals surface area contributed by atoms with Crippen LogP contribution in [0.4, 0.5) is 0 Å². The van der Waals surface area contributed by atoms with Crippen LogP contribution in [0.2, 0.25) is 0 Å². The first-order valence-electron chi connectivity index (χ1n) is 16.0. The van der Waals surface area contributed by atoms with E-state index >= 15 is 0 Å². The molecule has 0 saturated carbocycles. The molecule has 0 saturated heterocycles. The van der Waals surface area contributed by atoms with Crippen molar-refractivity contribution >= 4 is 43.9 Å². The van der Waals surface area contributed by atoms with Gasteiger partial charge in [-0.1, -0.05) is 78.7 Å². The second kappa shape index (κ2) is 8.15. The Morgan fingerprint density at radius 2 is 1.32 bits per heavy atom. The quantitative estimate of drug-likeness (QED) is 0.246. The van der Waals surface area contributed by atoms with Gasteiger partial charge in [-0.15, -0.1) is 0 Å². The number of furan rings is 1. The Morgan fingerprint density at radius 3 is 2.13 bits per heavy atom. The molecule has 8 rings (SSSR count). The summed E-state index contributed by atoms with van der Waals surface area (Å²) in [5.74, 6) is 0. The molecule has 0 unspecified atom stereocenters. The van der Waals surface area contributed by atoms with Crippen LogP contribution in [0.25, 0.3) is 71.9 Å². The standard InChI is InChI=1S/C34H21N3O/c1-4-16-29-26(13-1)27-14-2-5-17-30(27)37(29)25-12-8-10-23(20-25)22-9-7-11-24(19-22)32-34-33(36-21-35-32)28-15-3-6-18-31(28)38-34/h1-21H/i1D,2D,4D,5D,13D,14D,16D,17D. The fourth-order valence-corrected chi connectivity index (χ4v) is 5.08. The normalized spacial score (nSPS) is 14.6. The first-order valence-corrected chi connectivity index (χ1v) is 12.0. The predicted octanol–water partition coefficient (Wildman–Crippen LogP) is 8.81. The average Bonchev–Trinajstić information content (AvgIpc) is 3.65. The van der Waals surface area contributed by atoms with Crippen LogP contribution in [0.15, 0.2) is 132 Å². The van der Waals surface area contributed by atoms with Crippen LogP contribution < -0.4 is 0 Å². The van der Waals surface area contributed by atoms with E-state index in [1.165, 1.54) is 10.9 Å². The van der Waals surface area contributed by atoms with E-state index in [4.69, 9.17) is 15.4 Å². The monoisotopic (exact) mass is 495 g/mol. The zero-order valence-corrected chi connectivity index (χ0v) is 19.8. The summed E-state index contributed by atoms with van der Waals surface area (Å²) in [6.45, 7) is 0. The number of fused-ring (bicyclic) bond motifs is 6. The lowest BCUT2D eigenvalue weighted by Crippen LogP contribution is -1.94. The number of hydrogen-bond acceptors (Lipinski definition) is 3. The molecule has 0 N–H and O–H groups in total. The summed E-state index contributed by atoms with van der Waals surface area (Å²) in [6, 6.07) is 19.4. The van der Waals surface area contributed by atoms with Gasteiger partial charge in [-0.25, -0.2) is 9.97 Å². The van der Waals surface area contributed by atoms with Crippen molar-refractivity contribution in [1.82, 2.24) is 14.5 Å². The van der Waals surface area contributed by atoms with Crippen LogP contribution >= 0.6 is 0 Å². The Hall–Kier alpha value is -5.22. The molecule has 3 aromatic heterocycles. The van der Waals surface area contributed by atoms with Crippen molar-refractivity contribution in [2.24, 2.45) is 0 Å². The van der Waals surface area contributed by atoms with Gasteiger partial charge in [-0.2, -0.15) is 0 Å². The molecule has 0 fully saturated rings. The third-order valence-electron chi connectivity index (χ3n) is 6.76. The summed E-state index contributed by atoms with van der Waals surface area (Å²) in [4.78, 5) is 9.01. The molecule has 5 aromatic carbocycles. The largest absolute Gasteiger partial charge is 0.452 e. The van der Waals surface area contributed by atoms with Gasteiger partial charge >= 0.3 is 0 Å². The lowest BCUT2D eigenvalue weighted by atomic mass is 10.0. The van der Waals surface area contributed by atoms with E-state index in [1.54, 1.807) is 12.1 Å². The van der Waals surface area contributed by atoms with Gasteiger partial charge in [0.1, 0.15) is 23.1 Å². The van der Waals surface area contributed by atoms with E-state index in [0.717, 1.165) is 22.1 Å². The van der Waals surface area contributed by atoms with Gasteiger partial charge in [0.15, 0.2) is 5.58 Å². The molecule has 0 spiro atoms. The van der Waals surface area contributed by atoms with E-state index in [0.29, 0.717) is 28.1 Å². The lowest BCUT2D eigenvalue weighted by molar-refractivity contribution is 0.667. The van der Waals surface area contributed by atoms with Crippen LogP contribution in [0, 0.1) is 0 Å². The minimum atomic E-state index is -0.474. The van der Waals surface area contributed by atoms with E-state index in [9.17, 15) is 0 Å². The van der Waals surface area contributed by atoms with Crippen molar-refractivity contribution in [3.63, 3.8) is 0 Å². The molecule has 0 aliphatic rings. The van der Waals surface area contributed by atoms with E-state index in [1.807, 2.05) is 60.7 Å². The van der Waals surface area contributed by atoms with E-state index in [2.05, 4.69) is 9.97 Å². The smallest absolute Gasteiger partial charge is 0.180 e. The van der Waals surface area contributed by atoms with Gasteiger partial charge in [-0.3, -0.25) is 0 Å². The third-order valence-corrected chi connectivity index (χ3v) is 6.76. The zero-order valence-electron chi connectivity index (χ0n) is 27.8. The number of para-hydroxylation sites is 3. The van der Waals surface area contributed by atoms with Crippen LogP contribution in [-0.2, 0) is 0 Å². The van der Waals surface area contributed by atoms with Crippen molar-refractivity contribution in [3.05, 3.63) is 127 Å². The topological polar surface area (TPSA) is 43.9 Å². The third kappa shape index (κ3) is 3.10. The van der Waals surface area contributed by atoms with Gasteiger partial charge in [0.2, 0.25) is 0 Å². The Kier molecular flexibility index (Phi) is 3.11. The summed E-state index contributed by atoms with van der Waals surface area (Å²) < 4.78 is 75.9. The summed E-state index contributed by atoms with van der Waals surface area (Å²) in [5, 5.41) is 0.977. The molecule has 4 nitrogen and oxygen atoms in total. The van der Waals surface area contributed by atoms with Crippen LogP contribution in [0.3, 0.4) is 0 Å².